The molecule has 17 heavy (non-hydrogen) atoms. The molecule has 0 amide bonds. The average Bonchev–Trinajstić information content (AvgIpc) is 2.78. The van der Waals surface area contributed by atoms with Crippen LogP contribution in [0.3, 0.4) is 0 Å². The van der Waals surface area contributed by atoms with Crippen LogP contribution in [-0.2, 0) is 0 Å². The molecule has 0 radical (unpaired) electrons. The first-order valence-corrected chi connectivity index (χ1v) is 5.32. The van der Waals surface area contributed by atoms with Crippen molar-refractivity contribution in [2.45, 2.75) is 0 Å². The molecule has 0 fully saturated rings. The van der Waals surface area contributed by atoms with Crippen molar-refractivity contribution >= 4 is 11.0 Å². The number of nitrogens with zero attached hydrogens (tertiary/aromatic N) is 3. The largest absolute Gasteiger partial charge is 0.300 e. The van der Waals surface area contributed by atoms with E-state index in [0.717, 1.165) is 16.7 Å². The van der Waals surface area contributed by atoms with Gasteiger partial charge in [-0.3, -0.25) is 4.57 Å². The van der Waals surface area contributed by atoms with Gasteiger partial charge in [-0.15, -0.1) is 0 Å². The van der Waals surface area contributed by atoms with Crippen molar-refractivity contribution in [1.82, 2.24) is 9.55 Å². The summed E-state index contributed by atoms with van der Waals surface area (Å²) in [6.07, 6.45) is 3.57. The van der Waals surface area contributed by atoms with Crippen molar-refractivity contribution in [3.05, 3.63) is 60.4 Å². The molecule has 0 aliphatic carbocycles. The predicted molar refractivity (Wildman–Crippen MR) is 65.8 cm³/mol. The van der Waals surface area contributed by atoms with Gasteiger partial charge >= 0.3 is 0 Å². The van der Waals surface area contributed by atoms with Gasteiger partial charge in [0.15, 0.2) is 0 Å². The molecule has 0 N–H and O–H groups in total. The Morgan fingerprint density at radius 1 is 1.06 bits per heavy atom. The van der Waals surface area contributed by atoms with Crippen LogP contribution >= 0.6 is 0 Å². The molecule has 3 heteroatoms. The van der Waals surface area contributed by atoms with Gasteiger partial charge in [0.1, 0.15) is 11.7 Å². The highest BCUT2D eigenvalue weighted by Gasteiger charge is 2.09. The minimum atomic E-state index is 0.650. The molecule has 0 atom stereocenters. The molecule has 2 heterocycles. The fourth-order valence-electron chi connectivity index (χ4n) is 1.93. The Balaban J connectivity index is 2.35. The predicted octanol–water partition coefficient (Wildman–Crippen LogP) is 2.90. The van der Waals surface area contributed by atoms with E-state index in [2.05, 4.69) is 11.1 Å². The van der Waals surface area contributed by atoms with Gasteiger partial charge in [-0.05, 0) is 24.3 Å². The zero-order chi connectivity index (χ0) is 11.7. The van der Waals surface area contributed by atoms with Crippen molar-refractivity contribution < 1.29 is 0 Å². The maximum absolute atomic E-state index is 9.10. The summed E-state index contributed by atoms with van der Waals surface area (Å²) in [4.78, 5) is 4.34. The fourth-order valence-corrected chi connectivity index (χ4v) is 1.93. The standard InChI is InChI=1S/C14H9N3/c15-9-11-10-17(12-5-2-1-3-6-12)14-13(11)7-4-8-16-14/h1-8,10H. The van der Waals surface area contributed by atoms with Crippen LogP contribution in [0.4, 0.5) is 0 Å². The molecule has 0 unspecified atom stereocenters. The first-order valence-electron chi connectivity index (χ1n) is 5.32. The lowest BCUT2D eigenvalue weighted by molar-refractivity contribution is 1.09. The lowest BCUT2D eigenvalue weighted by Gasteiger charge is -2.02. The molecule has 3 rings (SSSR count). The molecule has 0 saturated heterocycles. The lowest BCUT2D eigenvalue weighted by atomic mass is 10.2. The summed E-state index contributed by atoms with van der Waals surface area (Å²) in [5.41, 5.74) is 2.48. The van der Waals surface area contributed by atoms with E-state index in [9.17, 15) is 0 Å². The quantitative estimate of drug-likeness (QED) is 0.631. The van der Waals surface area contributed by atoms with Gasteiger partial charge in [-0.1, -0.05) is 18.2 Å². The van der Waals surface area contributed by atoms with E-state index >= 15 is 0 Å². The molecule has 3 aromatic rings. The second-order valence-corrected chi connectivity index (χ2v) is 3.73. The smallest absolute Gasteiger partial charge is 0.145 e. The summed E-state index contributed by atoms with van der Waals surface area (Å²) in [5, 5.41) is 9.99. The number of pyridine rings is 1. The van der Waals surface area contributed by atoms with Gasteiger partial charge < -0.3 is 0 Å². The second kappa shape index (κ2) is 3.76. The number of para-hydroxylation sites is 1. The minimum absolute atomic E-state index is 0.650. The summed E-state index contributed by atoms with van der Waals surface area (Å²) in [5.74, 6) is 0. The first kappa shape index (κ1) is 9.61. The summed E-state index contributed by atoms with van der Waals surface area (Å²) < 4.78 is 1.94. The third-order valence-corrected chi connectivity index (χ3v) is 2.72. The van der Waals surface area contributed by atoms with Crippen LogP contribution in [0.1, 0.15) is 5.56 Å². The molecular formula is C14H9N3. The molecule has 2 aromatic heterocycles. The van der Waals surface area contributed by atoms with Gasteiger partial charge in [0.25, 0.3) is 0 Å². The molecule has 0 saturated carbocycles. The van der Waals surface area contributed by atoms with Crippen LogP contribution in [0.25, 0.3) is 16.7 Å². The SMILES string of the molecule is N#Cc1cn(-c2ccccc2)c2ncccc12. The number of fused-ring (bicyclic) bond motifs is 1. The number of hydrogen-bond acceptors (Lipinski definition) is 2. The van der Waals surface area contributed by atoms with Crippen LogP contribution in [0.5, 0.6) is 0 Å². The molecule has 0 aliphatic heterocycles. The van der Waals surface area contributed by atoms with Gasteiger partial charge in [-0.25, -0.2) is 4.98 Å². The van der Waals surface area contributed by atoms with Crippen molar-refractivity contribution in [3.8, 4) is 11.8 Å². The number of nitriles is 1. The third kappa shape index (κ3) is 1.47. The maximum atomic E-state index is 9.10. The first-order chi connectivity index (χ1) is 8.40. The zero-order valence-electron chi connectivity index (χ0n) is 9.04. The van der Waals surface area contributed by atoms with E-state index in [4.69, 9.17) is 5.26 Å². The molecular weight excluding hydrogens is 210 g/mol. The fraction of sp³-hybridized carbons (Fsp3) is 0. The van der Waals surface area contributed by atoms with Crippen LogP contribution < -0.4 is 0 Å². The van der Waals surface area contributed by atoms with E-state index in [0.29, 0.717) is 5.56 Å². The zero-order valence-corrected chi connectivity index (χ0v) is 9.04. The van der Waals surface area contributed by atoms with Crippen LogP contribution in [0, 0.1) is 11.3 Å². The van der Waals surface area contributed by atoms with E-state index in [1.54, 1.807) is 6.20 Å². The maximum Gasteiger partial charge on any atom is 0.145 e. The molecule has 0 bridgehead atoms. The summed E-state index contributed by atoms with van der Waals surface area (Å²) >= 11 is 0. The number of rotatable bonds is 1. The molecule has 0 aliphatic rings. The van der Waals surface area contributed by atoms with Crippen molar-refractivity contribution in [2.24, 2.45) is 0 Å². The Hall–Kier alpha value is -2.60. The molecule has 0 spiro atoms. The lowest BCUT2D eigenvalue weighted by Crippen LogP contribution is -1.92. The normalized spacial score (nSPS) is 10.3. The highest BCUT2D eigenvalue weighted by molar-refractivity contribution is 5.84. The van der Waals surface area contributed by atoms with Gasteiger partial charge in [-0.2, -0.15) is 5.26 Å². The van der Waals surface area contributed by atoms with E-state index in [1.165, 1.54) is 0 Å². The average molecular weight is 219 g/mol. The Morgan fingerprint density at radius 3 is 2.65 bits per heavy atom. The molecule has 3 nitrogen and oxygen atoms in total. The summed E-state index contributed by atoms with van der Waals surface area (Å²) in [6.45, 7) is 0. The Morgan fingerprint density at radius 2 is 1.88 bits per heavy atom. The van der Waals surface area contributed by atoms with Gasteiger partial charge in [0.05, 0.1) is 5.56 Å². The second-order valence-electron chi connectivity index (χ2n) is 3.73. The molecule has 80 valence electrons. The van der Waals surface area contributed by atoms with Crippen LogP contribution in [0.15, 0.2) is 54.9 Å². The van der Waals surface area contributed by atoms with Crippen molar-refractivity contribution in [2.75, 3.05) is 0 Å². The van der Waals surface area contributed by atoms with Crippen molar-refractivity contribution in [3.63, 3.8) is 0 Å². The summed E-state index contributed by atoms with van der Waals surface area (Å²) in [6, 6.07) is 15.9. The topological polar surface area (TPSA) is 41.6 Å². The highest BCUT2D eigenvalue weighted by Crippen LogP contribution is 2.22. The van der Waals surface area contributed by atoms with Crippen LogP contribution in [-0.4, -0.2) is 9.55 Å². The van der Waals surface area contributed by atoms with Gasteiger partial charge in [0, 0.05) is 23.5 Å². The van der Waals surface area contributed by atoms with Crippen molar-refractivity contribution in [1.29, 1.82) is 5.26 Å². The monoisotopic (exact) mass is 219 g/mol. The third-order valence-electron chi connectivity index (χ3n) is 2.72. The Bertz CT molecular complexity index is 705. The number of hydrogen-bond donors (Lipinski definition) is 0. The summed E-state index contributed by atoms with van der Waals surface area (Å²) in [7, 11) is 0. The Labute approximate surface area is 98.6 Å². The van der Waals surface area contributed by atoms with Crippen LogP contribution in [0.2, 0.25) is 0 Å². The minimum Gasteiger partial charge on any atom is -0.300 e. The van der Waals surface area contributed by atoms with Gasteiger partial charge in [0.2, 0.25) is 0 Å². The van der Waals surface area contributed by atoms with E-state index < -0.39 is 0 Å². The van der Waals surface area contributed by atoms with E-state index in [1.807, 2.05) is 53.2 Å². The number of aromatic nitrogens is 2. The number of benzene rings is 1. The molecule has 1 aromatic carbocycles. The highest BCUT2D eigenvalue weighted by atomic mass is 15.0. The van der Waals surface area contributed by atoms with E-state index in [-0.39, 0.29) is 0 Å². The Kier molecular flexibility index (Phi) is 2.13.